The van der Waals surface area contributed by atoms with Gasteiger partial charge in [0.1, 0.15) is 12.4 Å². The van der Waals surface area contributed by atoms with Gasteiger partial charge < -0.3 is 15.2 Å². The minimum absolute atomic E-state index is 0.167. The fourth-order valence-corrected chi connectivity index (χ4v) is 1.88. The molecule has 0 saturated heterocycles. The third kappa shape index (κ3) is 3.93. The molecule has 1 amide bonds. The zero-order chi connectivity index (χ0) is 14.4. The number of anilines is 1. The van der Waals surface area contributed by atoms with E-state index < -0.39 is 5.82 Å². The van der Waals surface area contributed by atoms with Gasteiger partial charge in [0.25, 0.3) is 0 Å². The number of rotatable bonds is 6. The van der Waals surface area contributed by atoms with Crippen molar-refractivity contribution in [2.75, 3.05) is 11.9 Å². The number of nitrogens with zero attached hydrogens (tertiary/aromatic N) is 1. The molecule has 0 spiro atoms. The Bertz CT molecular complexity index is 580. The van der Waals surface area contributed by atoms with E-state index in [1.54, 1.807) is 22.8 Å². The molecule has 4 nitrogen and oxygen atoms in total. The van der Waals surface area contributed by atoms with Crippen LogP contribution in [0.4, 0.5) is 10.1 Å². The second-order valence-corrected chi connectivity index (χ2v) is 4.50. The van der Waals surface area contributed by atoms with Crippen LogP contribution in [0.2, 0.25) is 0 Å². The third-order valence-electron chi connectivity index (χ3n) is 2.86. The smallest absolute Gasteiger partial charge is 0.244 e. The summed E-state index contributed by atoms with van der Waals surface area (Å²) in [7, 11) is 0. The minimum Gasteiger partial charge on any atom is -0.345 e. The molecule has 1 aromatic heterocycles. The molecule has 0 aliphatic rings. The van der Waals surface area contributed by atoms with Crippen LogP contribution in [0.1, 0.15) is 12.5 Å². The monoisotopic (exact) mass is 275 g/mol. The molecule has 0 aliphatic heterocycles. The number of amides is 1. The van der Waals surface area contributed by atoms with Crippen LogP contribution in [0.25, 0.3) is 0 Å². The molecule has 2 N–H and O–H groups in total. The van der Waals surface area contributed by atoms with Gasteiger partial charge in [-0.25, -0.2) is 4.39 Å². The number of halogens is 1. The highest BCUT2D eigenvalue weighted by Crippen LogP contribution is 2.12. The summed E-state index contributed by atoms with van der Waals surface area (Å²) in [6.45, 7) is 3.89. The molecule has 2 rings (SSSR count). The van der Waals surface area contributed by atoms with E-state index >= 15 is 0 Å². The average Bonchev–Trinajstić information content (AvgIpc) is 2.86. The van der Waals surface area contributed by atoms with Gasteiger partial charge in [0.15, 0.2) is 0 Å². The van der Waals surface area contributed by atoms with E-state index in [1.165, 1.54) is 6.07 Å². The maximum atomic E-state index is 13.4. The van der Waals surface area contributed by atoms with Gasteiger partial charge in [-0.3, -0.25) is 4.79 Å². The topological polar surface area (TPSA) is 46.1 Å². The third-order valence-corrected chi connectivity index (χ3v) is 2.86. The molecular formula is C15H18FN3O. The molecule has 0 bridgehead atoms. The Balaban J connectivity index is 1.91. The van der Waals surface area contributed by atoms with E-state index in [0.717, 1.165) is 18.7 Å². The van der Waals surface area contributed by atoms with Crippen molar-refractivity contribution in [1.82, 2.24) is 9.88 Å². The normalized spacial score (nSPS) is 10.5. The summed E-state index contributed by atoms with van der Waals surface area (Å²) >= 11 is 0. The lowest BCUT2D eigenvalue weighted by atomic mass is 10.3. The summed E-state index contributed by atoms with van der Waals surface area (Å²) in [6.07, 6.45) is 3.75. The van der Waals surface area contributed by atoms with Crippen LogP contribution in [-0.2, 0) is 17.9 Å². The molecule has 0 radical (unpaired) electrons. The molecular weight excluding hydrogens is 257 g/mol. The van der Waals surface area contributed by atoms with Crippen LogP contribution in [0.3, 0.4) is 0 Å². The Hall–Kier alpha value is -2.14. The second kappa shape index (κ2) is 6.86. The van der Waals surface area contributed by atoms with Crippen molar-refractivity contribution < 1.29 is 9.18 Å². The number of hydrogen-bond acceptors (Lipinski definition) is 2. The van der Waals surface area contributed by atoms with E-state index in [1.807, 2.05) is 25.4 Å². The minimum atomic E-state index is -0.429. The second-order valence-electron chi connectivity index (χ2n) is 4.50. The highest BCUT2D eigenvalue weighted by Gasteiger charge is 2.07. The number of hydrogen-bond donors (Lipinski definition) is 2. The predicted octanol–water partition coefficient (Wildman–Crippen LogP) is 2.38. The molecule has 0 atom stereocenters. The summed E-state index contributed by atoms with van der Waals surface area (Å²) < 4.78 is 15.2. The van der Waals surface area contributed by atoms with Gasteiger partial charge in [0, 0.05) is 18.9 Å². The summed E-state index contributed by atoms with van der Waals surface area (Å²) in [6, 6.07) is 8.09. The van der Waals surface area contributed by atoms with Crippen LogP contribution in [-0.4, -0.2) is 17.0 Å². The van der Waals surface area contributed by atoms with Crippen molar-refractivity contribution in [3.63, 3.8) is 0 Å². The van der Waals surface area contributed by atoms with Gasteiger partial charge in [-0.1, -0.05) is 19.1 Å². The maximum Gasteiger partial charge on any atom is 0.244 e. The number of benzene rings is 1. The van der Waals surface area contributed by atoms with Gasteiger partial charge in [-0.2, -0.15) is 0 Å². The van der Waals surface area contributed by atoms with E-state index in [2.05, 4.69) is 10.6 Å². The lowest BCUT2D eigenvalue weighted by molar-refractivity contribution is -0.116. The maximum absolute atomic E-state index is 13.4. The number of aromatic nitrogens is 1. The first kappa shape index (κ1) is 14.3. The van der Waals surface area contributed by atoms with Crippen molar-refractivity contribution in [3.05, 3.63) is 54.1 Å². The van der Waals surface area contributed by atoms with Crippen LogP contribution >= 0.6 is 0 Å². The van der Waals surface area contributed by atoms with Crippen LogP contribution < -0.4 is 10.6 Å². The van der Waals surface area contributed by atoms with Gasteiger partial charge in [-0.15, -0.1) is 0 Å². The van der Waals surface area contributed by atoms with E-state index in [4.69, 9.17) is 0 Å². The Morgan fingerprint density at radius 2 is 2.10 bits per heavy atom. The van der Waals surface area contributed by atoms with Gasteiger partial charge in [0.05, 0.1) is 5.69 Å². The van der Waals surface area contributed by atoms with E-state index in [-0.39, 0.29) is 18.1 Å². The fraction of sp³-hybridized carbons (Fsp3) is 0.267. The molecule has 5 heteroatoms. The van der Waals surface area contributed by atoms with Crippen molar-refractivity contribution in [3.8, 4) is 0 Å². The summed E-state index contributed by atoms with van der Waals surface area (Å²) in [5.74, 6) is -0.679. The summed E-state index contributed by atoms with van der Waals surface area (Å²) in [5.41, 5.74) is 1.32. The lowest BCUT2D eigenvalue weighted by Gasteiger charge is -2.06. The Labute approximate surface area is 117 Å². The van der Waals surface area contributed by atoms with Crippen LogP contribution in [0.15, 0.2) is 42.7 Å². The van der Waals surface area contributed by atoms with Gasteiger partial charge >= 0.3 is 0 Å². The van der Waals surface area contributed by atoms with Gasteiger partial charge in [0.2, 0.25) is 5.91 Å². The highest BCUT2D eigenvalue weighted by molar-refractivity contribution is 5.90. The SMILES string of the molecule is CCNCc1ccn(CC(=O)Nc2ccccc2F)c1. The molecule has 1 aromatic carbocycles. The summed E-state index contributed by atoms with van der Waals surface area (Å²) in [4.78, 5) is 11.8. The molecule has 2 aromatic rings. The van der Waals surface area contributed by atoms with Crippen molar-refractivity contribution in [1.29, 1.82) is 0 Å². The van der Waals surface area contributed by atoms with E-state index in [9.17, 15) is 9.18 Å². The lowest BCUT2D eigenvalue weighted by Crippen LogP contribution is -2.18. The van der Waals surface area contributed by atoms with Crippen LogP contribution in [0, 0.1) is 5.82 Å². The first-order chi connectivity index (χ1) is 9.69. The zero-order valence-electron chi connectivity index (χ0n) is 11.4. The van der Waals surface area contributed by atoms with Crippen molar-refractivity contribution in [2.45, 2.75) is 20.0 Å². The standard InChI is InChI=1S/C15H18FN3O/c1-2-17-9-12-7-8-19(10-12)11-15(20)18-14-6-4-3-5-13(14)16/h3-8,10,17H,2,9,11H2,1H3,(H,18,20). The molecule has 0 saturated carbocycles. The molecule has 20 heavy (non-hydrogen) atoms. The first-order valence-electron chi connectivity index (χ1n) is 6.59. The largest absolute Gasteiger partial charge is 0.345 e. The Morgan fingerprint density at radius 1 is 1.30 bits per heavy atom. The number of para-hydroxylation sites is 1. The zero-order valence-corrected chi connectivity index (χ0v) is 11.4. The summed E-state index contributed by atoms with van der Waals surface area (Å²) in [5, 5.41) is 5.78. The van der Waals surface area contributed by atoms with Crippen LogP contribution in [0.5, 0.6) is 0 Å². The molecule has 1 heterocycles. The molecule has 0 aliphatic carbocycles. The average molecular weight is 275 g/mol. The Morgan fingerprint density at radius 3 is 2.85 bits per heavy atom. The van der Waals surface area contributed by atoms with E-state index in [0.29, 0.717) is 0 Å². The Kier molecular flexibility index (Phi) is 4.90. The van der Waals surface area contributed by atoms with Crippen molar-refractivity contribution in [2.24, 2.45) is 0 Å². The number of carbonyl (C=O) groups excluding carboxylic acids is 1. The first-order valence-corrected chi connectivity index (χ1v) is 6.59. The predicted molar refractivity (Wildman–Crippen MR) is 76.8 cm³/mol. The molecule has 0 unspecified atom stereocenters. The van der Waals surface area contributed by atoms with Gasteiger partial charge in [-0.05, 0) is 30.3 Å². The quantitative estimate of drug-likeness (QED) is 0.850. The van der Waals surface area contributed by atoms with Crippen molar-refractivity contribution >= 4 is 11.6 Å². The molecule has 0 fully saturated rings. The number of nitrogens with one attached hydrogen (secondary N) is 2. The molecule has 106 valence electrons. The highest BCUT2D eigenvalue weighted by atomic mass is 19.1. The number of carbonyl (C=O) groups is 1. The fourth-order valence-electron chi connectivity index (χ4n) is 1.88.